The number of nitrogens with one attached hydrogen (secondary N) is 2. The highest BCUT2D eigenvalue weighted by Crippen LogP contribution is 2.34. The summed E-state index contributed by atoms with van der Waals surface area (Å²) in [7, 11) is 0. The van der Waals surface area contributed by atoms with Crippen LogP contribution < -0.4 is 10.6 Å². The Labute approximate surface area is 220 Å². The molecule has 198 valence electrons. The molecular formula is C25H24ClF2N7O3. The van der Waals surface area contributed by atoms with Crippen LogP contribution in [0.15, 0.2) is 34.9 Å². The molecule has 1 aliphatic carbocycles. The average molecular weight is 544 g/mol. The zero-order valence-corrected chi connectivity index (χ0v) is 21.1. The summed E-state index contributed by atoms with van der Waals surface area (Å²) >= 11 is 5.79. The second kappa shape index (κ2) is 10.8. The van der Waals surface area contributed by atoms with E-state index in [1.165, 1.54) is 24.3 Å². The highest BCUT2D eigenvalue weighted by molar-refractivity contribution is 6.30. The third kappa shape index (κ3) is 5.49. The minimum absolute atomic E-state index is 0.0242. The van der Waals surface area contributed by atoms with Crippen LogP contribution in [0.25, 0.3) is 5.65 Å². The van der Waals surface area contributed by atoms with E-state index in [0.717, 1.165) is 36.4 Å². The number of aryl methyl sites for hydroxylation is 1. The molecule has 2 N–H and O–H groups in total. The molecule has 1 aliphatic rings. The zero-order valence-electron chi connectivity index (χ0n) is 20.4. The molecule has 0 spiro atoms. The van der Waals surface area contributed by atoms with Gasteiger partial charge in [-0.15, -0.1) is 10.2 Å². The number of hydrogen-bond donors (Lipinski definition) is 2. The Balaban J connectivity index is 1.24. The van der Waals surface area contributed by atoms with Gasteiger partial charge in [0.25, 0.3) is 11.8 Å². The Hall–Kier alpha value is -3.93. The summed E-state index contributed by atoms with van der Waals surface area (Å²) in [5.74, 6) is -0.839. The van der Waals surface area contributed by atoms with Crippen LogP contribution in [0.4, 0.5) is 8.78 Å². The number of halogens is 3. The Bertz CT molecular complexity index is 1500. The van der Waals surface area contributed by atoms with Crippen molar-refractivity contribution in [1.29, 1.82) is 0 Å². The maximum atomic E-state index is 14.3. The van der Waals surface area contributed by atoms with Gasteiger partial charge in [-0.1, -0.05) is 17.7 Å². The molecular weight excluding hydrogens is 520 g/mol. The van der Waals surface area contributed by atoms with Gasteiger partial charge >= 0.3 is 0 Å². The van der Waals surface area contributed by atoms with Crippen molar-refractivity contribution in [2.45, 2.75) is 45.1 Å². The second-order valence-electron chi connectivity index (χ2n) is 9.27. The van der Waals surface area contributed by atoms with Crippen LogP contribution in [-0.2, 0) is 6.54 Å². The van der Waals surface area contributed by atoms with Gasteiger partial charge in [0.2, 0.25) is 11.8 Å². The van der Waals surface area contributed by atoms with Crippen LogP contribution in [0.2, 0.25) is 5.02 Å². The van der Waals surface area contributed by atoms with Crippen molar-refractivity contribution in [3.63, 3.8) is 0 Å². The molecule has 0 aliphatic heterocycles. The van der Waals surface area contributed by atoms with Crippen molar-refractivity contribution < 1.29 is 22.8 Å². The number of carbonyl (C=O) groups excluding carboxylic acids is 2. The predicted molar refractivity (Wildman–Crippen MR) is 132 cm³/mol. The second-order valence-corrected chi connectivity index (χ2v) is 9.68. The number of aromatic nitrogens is 5. The summed E-state index contributed by atoms with van der Waals surface area (Å²) < 4.78 is 34.3. The van der Waals surface area contributed by atoms with Gasteiger partial charge in [-0.2, -0.15) is 5.10 Å². The third-order valence-corrected chi connectivity index (χ3v) is 6.91. The Morgan fingerprint density at radius 2 is 1.87 bits per heavy atom. The number of amides is 2. The topological polar surface area (TPSA) is 127 Å². The van der Waals surface area contributed by atoms with Crippen LogP contribution in [0.5, 0.6) is 0 Å². The molecule has 3 heterocycles. The van der Waals surface area contributed by atoms with E-state index in [1.54, 1.807) is 6.92 Å². The monoisotopic (exact) mass is 543 g/mol. The number of fused-ring (bicyclic) bond motifs is 1. The van der Waals surface area contributed by atoms with Gasteiger partial charge in [-0.25, -0.2) is 18.3 Å². The summed E-state index contributed by atoms with van der Waals surface area (Å²) in [5.41, 5.74) is 0.126. The average Bonchev–Trinajstić information content (AvgIpc) is 3.53. The standard InChI is InChI=1S/C25H24ClF2N7O3/c1-13-33-34-25(38-13)16-5-2-14(3-6-16)10-30-24(37)21-9-20(32-22-19(28)12-31-35(21)22)23(36)29-11-15-4-7-18(27)17(26)8-15/h4,7-9,12,14,16H,2-3,5-6,10-11H2,1H3,(H,29,36)(H,30,37)/t14-,16-. The minimum Gasteiger partial charge on any atom is -0.425 e. The molecule has 1 saturated carbocycles. The van der Waals surface area contributed by atoms with E-state index in [4.69, 9.17) is 16.0 Å². The van der Waals surface area contributed by atoms with Gasteiger partial charge in [0.05, 0.1) is 11.2 Å². The van der Waals surface area contributed by atoms with Crippen molar-refractivity contribution in [2.24, 2.45) is 5.92 Å². The Morgan fingerprint density at radius 3 is 2.58 bits per heavy atom. The molecule has 4 aromatic rings. The lowest BCUT2D eigenvalue weighted by molar-refractivity contribution is 0.0934. The zero-order chi connectivity index (χ0) is 26.8. The van der Waals surface area contributed by atoms with Crippen LogP contribution in [0.1, 0.15) is 69.9 Å². The first-order valence-corrected chi connectivity index (χ1v) is 12.5. The number of rotatable bonds is 7. The molecule has 13 heteroatoms. The van der Waals surface area contributed by atoms with E-state index in [-0.39, 0.29) is 40.4 Å². The summed E-state index contributed by atoms with van der Waals surface area (Å²) in [6.07, 6.45) is 4.41. The quantitative estimate of drug-likeness (QED) is 0.361. The fraction of sp³-hybridized carbons (Fsp3) is 0.360. The first-order valence-electron chi connectivity index (χ1n) is 12.1. The van der Waals surface area contributed by atoms with Crippen molar-refractivity contribution in [1.82, 2.24) is 35.4 Å². The van der Waals surface area contributed by atoms with E-state index in [0.29, 0.717) is 23.9 Å². The molecule has 2 amide bonds. The van der Waals surface area contributed by atoms with Gasteiger partial charge in [-0.05, 0) is 49.3 Å². The fourth-order valence-corrected chi connectivity index (χ4v) is 4.76. The number of hydrogen-bond acceptors (Lipinski definition) is 7. The SMILES string of the molecule is Cc1nnc([C@H]2CC[C@H](CNC(=O)c3cc(C(=O)NCc4ccc(F)c(Cl)c4)nc4c(F)cnn34)CC2)o1. The lowest BCUT2D eigenvalue weighted by Gasteiger charge is -2.26. The van der Waals surface area contributed by atoms with Gasteiger partial charge in [0.1, 0.15) is 17.2 Å². The molecule has 0 atom stereocenters. The molecule has 3 aromatic heterocycles. The number of nitrogens with zero attached hydrogens (tertiary/aromatic N) is 5. The third-order valence-electron chi connectivity index (χ3n) is 6.62. The van der Waals surface area contributed by atoms with Crippen molar-refractivity contribution in [3.8, 4) is 0 Å². The van der Waals surface area contributed by atoms with Crippen LogP contribution >= 0.6 is 11.6 Å². The molecule has 0 bridgehead atoms. The van der Waals surface area contributed by atoms with E-state index in [2.05, 4.69) is 30.9 Å². The van der Waals surface area contributed by atoms with Crippen molar-refractivity contribution in [2.75, 3.05) is 6.54 Å². The molecule has 1 aromatic carbocycles. The van der Waals surface area contributed by atoms with E-state index >= 15 is 0 Å². The smallest absolute Gasteiger partial charge is 0.270 e. The van der Waals surface area contributed by atoms with Crippen LogP contribution in [0.3, 0.4) is 0 Å². The predicted octanol–water partition coefficient (Wildman–Crippen LogP) is 3.99. The largest absolute Gasteiger partial charge is 0.425 e. The van der Waals surface area contributed by atoms with Gasteiger partial charge < -0.3 is 15.1 Å². The molecule has 0 radical (unpaired) electrons. The first kappa shape index (κ1) is 25.7. The summed E-state index contributed by atoms with van der Waals surface area (Å²) in [6, 6.07) is 5.32. The Morgan fingerprint density at radius 1 is 1.08 bits per heavy atom. The van der Waals surface area contributed by atoms with Crippen LogP contribution in [0, 0.1) is 24.5 Å². The van der Waals surface area contributed by atoms with Crippen molar-refractivity contribution in [3.05, 3.63) is 75.9 Å². The molecule has 1 fully saturated rings. The fourth-order valence-electron chi connectivity index (χ4n) is 4.55. The van der Waals surface area contributed by atoms with E-state index in [9.17, 15) is 18.4 Å². The molecule has 0 saturated heterocycles. The molecule has 38 heavy (non-hydrogen) atoms. The lowest BCUT2D eigenvalue weighted by Crippen LogP contribution is -2.33. The normalized spacial score (nSPS) is 17.5. The first-order chi connectivity index (χ1) is 18.3. The van der Waals surface area contributed by atoms with E-state index < -0.39 is 23.4 Å². The summed E-state index contributed by atoms with van der Waals surface area (Å²) in [4.78, 5) is 29.9. The maximum Gasteiger partial charge on any atom is 0.270 e. The van der Waals surface area contributed by atoms with Crippen molar-refractivity contribution >= 4 is 29.1 Å². The maximum absolute atomic E-state index is 14.3. The summed E-state index contributed by atoms with van der Waals surface area (Å²) in [5, 5.41) is 17.3. The molecule has 10 nitrogen and oxygen atoms in total. The van der Waals surface area contributed by atoms with Gasteiger partial charge in [-0.3, -0.25) is 9.59 Å². The minimum atomic E-state index is -0.770. The van der Waals surface area contributed by atoms with Gasteiger partial charge in [0, 0.05) is 32.0 Å². The van der Waals surface area contributed by atoms with E-state index in [1.807, 2.05) is 0 Å². The molecule has 0 unspecified atom stereocenters. The number of carbonyl (C=O) groups is 2. The Kier molecular flexibility index (Phi) is 7.32. The lowest BCUT2D eigenvalue weighted by atomic mass is 9.82. The highest BCUT2D eigenvalue weighted by Gasteiger charge is 2.27. The highest BCUT2D eigenvalue weighted by atomic mass is 35.5. The summed E-state index contributed by atoms with van der Waals surface area (Å²) in [6.45, 7) is 2.20. The van der Waals surface area contributed by atoms with Gasteiger partial charge in [0.15, 0.2) is 11.5 Å². The molecule has 5 rings (SSSR count). The van der Waals surface area contributed by atoms with Crippen LogP contribution in [-0.4, -0.2) is 43.2 Å². The number of benzene rings is 1.